The first kappa shape index (κ1) is 15.5. The van der Waals surface area contributed by atoms with Gasteiger partial charge in [-0.3, -0.25) is 10.1 Å². The number of nitrogens with one attached hydrogen (secondary N) is 1. The quantitative estimate of drug-likeness (QED) is 0.878. The van der Waals surface area contributed by atoms with Crippen LogP contribution in [-0.2, 0) is 10.2 Å². The molecule has 0 bridgehead atoms. The first-order valence-corrected chi connectivity index (χ1v) is 7.74. The molecule has 2 aromatic rings. The van der Waals surface area contributed by atoms with Crippen molar-refractivity contribution in [3.05, 3.63) is 48.3 Å². The topological polar surface area (TPSA) is 54.9 Å². The van der Waals surface area contributed by atoms with Crippen LogP contribution in [0.3, 0.4) is 0 Å². The van der Waals surface area contributed by atoms with E-state index in [2.05, 4.69) is 60.3 Å². The van der Waals surface area contributed by atoms with Crippen LogP contribution in [0.2, 0.25) is 0 Å². The summed E-state index contributed by atoms with van der Waals surface area (Å²) in [4.78, 5) is 20.8. The Kier molecular flexibility index (Phi) is 4.96. The minimum atomic E-state index is -0.105. The van der Waals surface area contributed by atoms with Crippen molar-refractivity contribution in [1.29, 1.82) is 0 Å². The zero-order valence-electron chi connectivity index (χ0n) is 12.5. The van der Waals surface area contributed by atoms with Crippen molar-refractivity contribution >= 4 is 23.6 Å². The van der Waals surface area contributed by atoms with Gasteiger partial charge in [0.2, 0.25) is 11.9 Å². The monoisotopic (exact) mass is 301 g/mol. The molecule has 0 unspecified atom stereocenters. The van der Waals surface area contributed by atoms with Gasteiger partial charge in [-0.25, -0.2) is 9.97 Å². The van der Waals surface area contributed by atoms with Gasteiger partial charge >= 0.3 is 0 Å². The Bertz CT molecular complexity index is 591. The molecule has 21 heavy (non-hydrogen) atoms. The van der Waals surface area contributed by atoms with Crippen molar-refractivity contribution in [1.82, 2.24) is 9.97 Å². The maximum atomic E-state index is 11.8. The van der Waals surface area contributed by atoms with Gasteiger partial charge in [0.1, 0.15) is 0 Å². The summed E-state index contributed by atoms with van der Waals surface area (Å²) in [7, 11) is 0. The summed E-state index contributed by atoms with van der Waals surface area (Å²) in [6.45, 7) is 6.55. The number of hydrogen-bond donors (Lipinski definition) is 1. The highest BCUT2D eigenvalue weighted by Gasteiger charge is 2.13. The van der Waals surface area contributed by atoms with Gasteiger partial charge in [0.05, 0.1) is 5.75 Å². The molecule has 1 amide bonds. The number of hydrogen-bond acceptors (Lipinski definition) is 4. The summed E-state index contributed by atoms with van der Waals surface area (Å²) < 4.78 is 0. The maximum absolute atomic E-state index is 11.8. The summed E-state index contributed by atoms with van der Waals surface area (Å²) in [5.74, 6) is 0.574. The lowest BCUT2D eigenvalue weighted by Gasteiger charge is -2.19. The van der Waals surface area contributed by atoms with E-state index in [0.29, 0.717) is 11.7 Å². The number of thioether (sulfide) groups is 1. The second kappa shape index (κ2) is 6.72. The predicted molar refractivity (Wildman–Crippen MR) is 86.5 cm³/mol. The summed E-state index contributed by atoms with van der Waals surface area (Å²) in [5.41, 5.74) is 1.43. The van der Waals surface area contributed by atoms with Crippen LogP contribution in [0.25, 0.3) is 0 Å². The molecule has 2 rings (SSSR count). The van der Waals surface area contributed by atoms with Gasteiger partial charge in [-0.2, -0.15) is 0 Å². The van der Waals surface area contributed by atoms with E-state index < -0.39 is 0 Å². The number of benzene rings is 1. The second-order valence-electron chi connectivity index (χ2n) is 5.68. The van der Waals surface area contributed by atoms with E-state index >= 15 is 0 Å². The lowest BCUT2D eigenvalue weighted by Crippen LogP contribution is -2.15. The highest BCUT2D eigenvalue weighted by molar-refractivity contribution is 8.00. The van der Waals surface area contributed by atoms with E-state index in [4.69, 9.17) is 0 Å². The van der Waals surface area contributed by atoms with Gasteiger partial charge in [-0.15, -0.1) is 11.8 Å². The minimum Gasteiger partial charge on any atom is -0.294 e. The lowest BCUT2D eigenvalue weighted by atomic mass is 9.87. The summed E-state index contributed by atoms with van der Waals surface area (Å²) in [6.07, 6.45) is 3.20. The predicted octanol–water partition coefficient (Wildman–Crippen LogP) is 3.50. The Hall–Kier alpha value is -1.88. The second-order valence-corrected chi connectivity index (χ2v) is 6.73. The van der Waals surface area contributed by atoms with Crippen molar-refractivity contribution in [2.45, 2.75) is 31.1 Å². The van der Waals surface area contributed by atoms with Gasteiger partial charge in [-0.05, 0) is 29.2 Å². The number of carbonyl (C=O) groups is 1. The Morgan fingerprint density at radius 3 is 2.33 bits per heavy atom. The Morgan fingerprint density at radius 2 is 1.76 bits per heavy atom. The average molecular weight is 301 g/mol. The van der Waals surface area contributed by atoms with Gasteiger partial charge in [-0.1, -0.05) is 32.9 Å². The van der Waals surface area contributed by atoms with Crippen molar-refractivity contribution < 1.29 is 4.79 Å². The normalized spacial score (nSPS) is 11.2. The van der Waals surface area contributed by atoms with Crippen LogP contribution in [0.5, 0.6) is 0 Å². The highest BCUT2D eigenvalue weighted by atomic mass is 32.2. The zero-order valence-corrected chi connectivity index (χ0v) is 13.3. The Balaban J connectivity index is 1.87. The third-order valence-electron chi connectivity index (χ3n) is 2.91. The molecule has 110 valence electrons. The minimum absolute atomic E-state index is 0.105. The molecule has 5 heteroatoms. The molecule has 0 aliphatic heterocycles. The standard InChI is InChI=1S/C16H19N3OS/c1-16(2,3)12-5-7-13(8-6-12)21-11-14(20)19-15-17-9-4-10-18-15/h4-10H,11H2,1-3H3,(H,17,18,19,20). The van der Waals surface area contributed by atoms with Crippen LogP contribution >= 0.6 is 11.8 Å². The van der Waals surface area contributed by atoms with Gasteiger partial charge in [0, 0.05) is 17.3 Å². The van der Waals surface area contributed by atoms with Crippen LogP contribution in [0, 0.1) is 0 Å². The van der Waals surface area contributed by atoms with Gasteiger partial charge in [0.15, 0.2) is 0 Å². The van der Waals surface area contributed by atoms with E-state index in [0.717, 1.165) is 4.90 Å². The number of amides is 1. The first-order valence-electron chi connectivity index (χ1n) is 6.75. The van der Waals surface area contributed by atoms with Crippen LogP contribution in [0.1, 0.15) is 26.3 Å². The molecule has 0 aliphatic carbocycles. The molecule has 0 aliphatic rings. The molecular formula is C16H19N3OS. The van der Waals surface area contributed by atoms with Crippen molar-refractivity contribution in [2.75, 3.05) is 11.1 Å². The van der Waals surface area contributed by atoms with Crippen molar-refractivity contribution in [2.24, 2.45) is 0 Å². The summed E-state index contributed by atoms with van der Waals surface area (Å²) >= 11 is 1.50. The molecule has 0 atom stereocenters. The maximum Gasteiger partial charge on any atom is 0.237 e. The fraction of sp³-hybridized carbons (Fsp3) is 0.312. The first-order chi connectivity index (χ1) is 9.95. The third kappa shape index (κ3) is 4.86. The van der Waals surface area contributed by atoms with Crippen LogP contribution < -0.4 is 5.32 Å². The molecule has 0 saturated heterocycles. The van der Waals surface area contributed by atoms with E-state index in [1.165, 1.54) is 17.3 Å². The molecule has 1 aromatic carbocycles. The van der Waals surface area contributed by atoms with Crippen LogP contribution in [0.15, 0.2) is 47.6 Å². The Morgan fingerprint density at radius 1 is 1.14 bits per heavy atom. The highest BCUT2D eigenvalue weighted by Crippen LogP contribution is 2.25. The molecule has 0 spiro atoms. The fourth-order valence-electron chi connectivity index (χ4n) is 1.72. The Labute approximate surface area is 129 Å². The molecule has 0 fully saturated rings. The zero-order chi connectivity index (χ0) is 15.3. The van der Waals surface area contributed by atoms with Gasteiger partial charge in [0.25, 0.3) is 0 Å². The van der Waals surface area contributed by atoms with Crippen molar-refractivity contribution in [3.63, 3.8) is 0 Å². The van der Waals surface area contributed by atoms with Gasteiger partial charge < -0.3 is 0 Å². The number of anilines is 1. The molecule has 4 nitrogen and oxygen atoms in total. The molecule has 0 saturated carbocycles. The largest absolute Gasteiger partial charge is 0.294 e. The van der Waals surface area contributed by atoms with Crippen LogP contribution in [0.4, 0.5) is 5.95 Å². The fourth-order valence-corrected chi connectivity index (χ4v) is 2.42. The summed E-state index contributed by atoms with van der Waals surface area (Å²) in [6, 6.07) is 10.0. The molecule has 0 radical (unpaired) electrons. The van der Waals surface area contributed by atoms with Crippen LogP contribution in [-0.4, -0.2) is 21.6 Å². The molecule has 1 aromatic heterocycles. The van der Waals surface area contributed by atoms with E-state index in [-0.39, 0.29) is 11.3 Å². The lowest BCUT2D eigenvalue weighted by molar-refractivity contribution is -0.113. The molecule has 1 heterocycles. The molecular weight excluding hydrogens is 282 g/mol. The van der Waals surface area contributed by atoms with E-state index in [1.54, 1.807) is 18.5 Å². The third-order valence-corrected chi connectivity index (χ3v) is 3.92. The number of nitrogens with zero attached hydrogens (tertiary/aromatic N) is 2. The summed E-state index contributed by atoms with van der Waals surface area (Å²) in [5, 5.41) is 2.67. The van der Waals surface area contributed by atoms with E-state index in [9.17, 15) is 4.79 Å². The smallest absolute Gasteiger partial charge is 0.237 e. The molecule has 1 N–H and O–H groups in total. The number of rotatable bonds is 4. The SMILES string of the molecule is CC(C)(C)c1ccc(SCC(=O)Nc2ncccn2)cc1. The van der Waals surface area contributed by atoms with Crippen molar-refractivity contribution in [3.8, 4) is 0 Å². The van der Waals surface area contributed by atoms with E-state index in [1.807, 2.05) is 0 Å². The number of aromatic nitrogens is 2. The number of carbonyl (C=O) groups excluding carboxylic acids is 1. The average Bonchev–Trinajstić information content (AvgIpc) is 2.46.